The van der Waals surface area contributed by atoms with E-state index in [1.165, 1.54) is 0 Å². The van der Waals surface area contributed by atoms with Gasteiger partial charge in [-0.05, 0) is 18.1 Å². The Balaban J connectivity index is 2.67. The third-order valence-electron chi connectivity index (χ3n) is 1.91. The van der Waals surface area contributed by atoms with Crippen LogP contribution in [0.15, 0.2) is 29.2 Å². The van der Waals surface area contributed by atoms with E-state index < -0.39 is 9.84 Å². The molecule has 1 aromatic carbocycles. The summed E-state index contributed by atoms with van der Waals surface area (Å²) in [6, 6.07) is 6.99. The van der Waals surface area contributed by atoms with Crippen molar-refractivity contribution in [3.8, 4) is 0 Å². The van der Waals surface area contributed by atoms with Gasteiger partial charge >= 0.3 is 0 Å². The Labute approximate surface area is 72.1 Å². The summed E-state index contributed by atoms with van der Waals surface area (Å²) < 4.78 is 22.9. The number of hydrogen-bond acceptors (Lipinski definition) is 2. The Morgan fingerprint density at radius 1 is 1.25 bits per heavy atom. The van der Waals surface area contributed by atoms with E-state index in [-0.39, 0.29) is 5.75 Å². The zero-order valence-electron chi connectivity index (χ0n) is 6.45. The maximum Gasteiger partial charge on any atom is 0.178 e. The molecular weight excluding hydrogens is 172 g/mol. The Morgan fingerprint density at radius 2 is 2.00 bits per heavy atom. The lowest BCUT2D eigenvalue weighted by molar-refractivity contribution is 0.592. The number of rotatable bonds is 0. The van der Waals surface area contributed by atoms with Gasteiger partial charge < -0.3 is 0 Å². The molecule has 0 spiro atoms. The lowest BCUT2D eigenvalue weighted by Crippen LogP contribution is -2.14. The molecule has 3 heteroatoms. The van der Waals surface area contributed by atoms with E-state index in [0.717, 1.165) is 5.56 Å². The van der Waals surface area contributed by atoms with Crippen LogP contribution >= 0.6 is 0 Å². The van der Waals surface area contributed by atoms with Crippen LogP contribution in [0.2, 0.25) is 0 Å². The molecule has 2 radical (unpaired) electrons. The lowest BCUT2D eigenvalue weighted by Gasteiger charge is -2.14. The summed E-state index contributed by atoms with van der Waals surface area (Å²) in [5.74, 6) is 0.198. The van der Waals surface area contributed by atoms with Crippen LogP contribution in [0.5, 0.6) is 0 Å². The van der Waals surface area contributed by atoms with Gasteiger partial charge in [-0.25, -0.2) is 8.42 Å². The Morgan fingerprint density at radius 3 is 2.75 bits per heavy atom. The summed E-state index contributed by atoms with van der Waals surface area (Å²) >= 11 is 0. The third kappa shape index (κ3) is 1.14. The summed E-state index contributed by atoms with van der Waals surface area (Å²) in [5.41, 5.74) is 0.726. The summed E-state index contributed by atoms with van der Waals surface area (Å²) in [6.07, 6.45) is 3.55. The average Bonchev–Trinajstić information content (AvgIpc) is 2.04. The monoisotopic (exact) mass is 180 g/mol. The van der Waals surface area contributed by atoms with E-state index in [1.807, 2.05) is 6.07 Å². The molecule has 1 aromatic rings. The van der Waals surface area contributed by atoms with Gasteiger partial charge in [-0.3, -0.25) is 0 Å². The van der Waals surface area contributed by atoms with Crippen LogP contribution < -0.4 is 0 Å². The molecule has 0 bridgehead atoms. The highest BCUT2D eigenvalue weighted by atomic mass is 32.2. The zero-order chi connectivity index (χ0) is 8.60. The van der Waals surface area contributed by atoms with Crippen LogP contribution in [-0.2, 0) is 9.84 Å². The molecule has 0 unspecified atom stereocenters. The molecule has 2 nitrogen and oxygen atoms in total. The van der Waals surface area contributed by atoms with Crippen molar-refractivity contribution in [2.45, 2.75) is 11.3 Å². The van der Waals surface area contributed by atoms with Crippen molar-refractivity contribution in [1.29, 1.82) is 0 Å². The van der Waals surface area contributed by atoms with E-state index in [1.54, 1.807) is 18.2 Å². The van der Waals surface area contributed by atoms with Gasteiger partial charge in [-0.15, -0.1) is 0 Å². The number of sulfone groups is 1. The predicted molar refractivity (Wildman–Crippen MR) is 45.5 cm³/mol. The van der Waals surface area contributed by atoms with Crippen LogP contribution in [0.4, 0.5) is 0 Å². The molecule has 0 saturated carbocycles. The first-order valence-corrected chi connectivity index (χ1v) is 5.41. The number of hydrogen-bond donors (Lipinski definition) is 0. The number of fused-ring (bicyclic) bond motifs is 1. The van der Waals surface area contributed by atoms with Gasteiger partial charge in [0.2, 0.25) is 0 Å². The molecule has 2 rings (SSSR count). The van der Waals surface area contributed by atoms with E-state index in [9.17, 15) is 8.42 Å². The van der Waals surface area contributed by atoms with Crippen molar-refractivity contribution in [3.63, 3.8) is 0 Å². The molecule has 0 N–H and O–H groups in total. The molecule has 0 saturated heterocycles. The standard InChI is InChI=1S/C9H8O2S/c10-12(11)7-3-5-8-4-1-2-6-9(8)12/h1-2,4,6H,3,7H2. The molecule has 0 atom stereocenters. The molecule has 62 valence electrons. The highest BCUT2D eigenvalue weighted by Crippen LogP contribution is 2.25. The van der Waals surface area contributed by atoms with Crippen LogP contribution in [0.25, 0.3) is 0 Å². The smallest absolute Gasteiger partial charge is 0.178 e. The molecule has 0 amide bonds. The maximum absolute atomic E-state index is 11.4. The van der Waals surface area contributed by atoms with Crippen molar-refractivity contribution >= 4 is 9.84 Å². The second kappa shape index (κ2) is 2.59. The van der Waals surface area contributed by atoms with Crippen molar-refractivity contribution in [2.75, 3.05) is 5.75 Å². The fourth-order valence-corrected chi connectivity index (χ4v) is 2.67. The van der Waals surface area contributed by atoms with Gasteiger partial charge in [-0.2, -0.15) is 0 Å². The molecule has 0 aliphatic carbocycles. The maximum atomic E-state index is 11.4. The molecule has 0 aromatic heterocycles. The first-order valence-electron chi connectivity index (χ1n) is 3.76. The summed E-state index contributed by atoms with van der Waals surface area (Å²) in [7, 11) is -3.00. The molecule has 1 heterocycles. The van der Waals surface area contributed by atoms with Gasteiger partial charge in [0.1, 0.15) is 0 Å². The quantitative estimate of drug-likeness (QED) is 0.603. The topological polar surface area (TPSA) is 34.1 Å². The lowest BCUT2D eigenvalue weighted by atomic mass is 10.1. The molecule has 1 aliphatic heterocycles. The Kier molecular flexibility index (Phi) is 1.68. The third-order valence-corrected chi connectivity index (χ3v) is 3.68. The predicted octanol–water partition coefficient (Wildman–Crippen LogP) is 1.29. The van der Waals surface area contributed by atoms with Crippen molar-refractivity contribution in [1.82, 2.24) is 0 Å². The fourth-order valence-electron chi connectivity index (χ4n) is 1.31. The van der Waals surface area contributed by atoms with Crippen LogP contribution in [0, 0.1) is 6.42 Å². The zero-order valence-corrected chi connectivity index (χ0v) is 7.26. The van der Waals surface area contributed by atoms with Gasteiger partial charge in [0.25, 0.3) is 0 Å². The Bertz CT molecular complexity index is 393. The van der Waals surface area contributed by atoms with Crippen LogP contribution in [0.1, 0.15) is 12.0 Å². The summed E-state index contributed by atoms with van der Waals surface area (Å²) in [6.45, 7) is 0. The highest BCUT2D eigenvalue weighted by Gasteiger charge is 2.22. The first kappa shape index (κ1) is 7.80. The number of benzene rings is 1. The van der Waals surface area contributed by atoms with Gasteiger partial charge in [0, 0.05) is 6.42 Å². The van der Waals surface area contributed by atoms with Crippen molar-refractivity contribution in [2.24, 2.45) is 0 Å². The molecular formula is C9H8O2S. The van der Waals surface area contributed by atoms with E-state index >= 15 is 0 Å². The van der Waals surface area contributed by atoms with Gasteiger partial charge in [0.05, 0.1) is 10.6 Å². The highest BCUT2D eigenvalue weighted by molar-refractivity contribution is 7.91. The van der Waals surface area contributed by atoms with Crippen molar-refractivity contribution < 1.29 is 8.42 Å². The van der Waals surface area contributed by atoms with Gasteiger partial charge in [-0.1, -0.05) is 18.2 Å². The first-order chi connectivity index (χ1) is 5.70. The van der Waals surface area contributed by atoms with Gasteiger partial charge in [0.15, 0.2) is 9.84 Å². The largest absolute Gasteiger partial charge is 0.224 e. The average molecular weight is 180 g/mol. The fraction of sp³-hybridized carbons (Fsp3) is 0.222. The van der Waals surface area contributed by atoms with Crippen LogP contribution in [0.3, 0.4) is 0 Å². The molecule has 1 aliphatic rings. The second-order valence-electron chi connectivity index (χ2n) is 2.74. The Hall–Kier alpha value is -0.830. The van der Waals surface area contributed by atoms with E-state index in [4.69, 9.17) is 0 Å². The van der Waals surface area contributed by atoms with Crippen LogP contribution in [-0.4, -0.2) is 14.2 Å². The minimum absolute atomic E-state index is 0.198. The van der Waals surface area contributed by atoms with Crippen molar-refractivity contribution in [3.05, 3.63) is 36.2 Å². The SMILES string of the molecule is O=S1(=O)CC[C]c2ccccc21. The normalized spacial score (nSPS) is 20.0. The van der Waals surface area contributed by atoms with E-state index in [2.05, 4.69) is 6.42 Å². The minimum Gasteiger partial charge on any atom is -0.224 e. The molecule has 12 heavy (non-hydrogen) atoms. The van der Waals surface area contributed by atoms with E-state index in [0.29, 0.717) is 11.3 Å². The minimum atomic E-state index is -3.00. The summed E-state index contributed by atoms with van der Waals surface area (Å²) in [5, 5.41) is 0. The molecule has 0 fully saturated rings. The second-order valence-corrected chi connectivity index (χ2v) is 4.82. The summed E-state index contributed by atoms with van der Waals surface area (Å²) in [4.78, 5) is 0.427.